The molecule has 0 radical (unpaired) electrons. The van der Waals surface area contributed by atoms with Crippen LogP contribution < -0.4 is 10.1 Å². The largest absolute Gasteiger partial charge is 0.425 e. The Balaban J connectivity index is 1.64. The number of furan rings is 1. The Morgan fingerprint density at radius 1 is 1.15 bits per heavy atom. The van der Waals surface area contributed by atoms with E-state index in [1.807, 2.05) is 0 Å². The van der Waals surface area contributed by atoms with Crippen molar-refractivity contribution in [1.29, 1.82) is 0 Å². The number of aromatic nitrogens is 1. The standard InChI is InChI=1S/C22H18F5N3O4/c1-28-20(32)34-17-10-14-8-13(9-15(18(14)33-17)22(25,26)27)16-3-2-12(11-29-16)19(31)30-6-4-21(23,24)5-7-30/h2-3,8-11H,4-7H2,1H3,(H,28,32). The third kappa shape index (κ3) is 4.80. The first kappa shape index (κ1) is 23.5. The van der Waals surface area contributed by atoms with Crippen molar-refractivity contribution in [3.8, 4) is 17.2 Å². The number of piperidine rings is 1. The van der Waals surface area contributed by atoms with Gasteiger partial charge in [-0.2, -0.15) is 13.2 Å². The van der Waals surface area contributed by atoms with Gasteiger partial charge < -0.3 is 19.4 Å². The van der Waals surface area contributed by atoms with Crippen LogP contribution in [0.5, 0.6) is 5.95 Å². The number of alkyl halides is 5. The van der Waals surface area contributed by atoms with Crippen LogP contribution in [0.3, 0.4) is 0 Å². The van der Waals surface area contributed by atoms with Crippen LogP contribution in [0.25, 0.3) is 22.2 Å². The Hall–Kier alpha value is -3.70. The molecule has 4 rings (SSSR count). The van der Waals surface area contributed by atoms with Gasteiger partial charge in [-0.3, -0.25) is 9.78 Å². The molecule has 0 bridgehead atoms. The molecule has 0 aliphatic carbocycles. The number of rotatable bonds is 3. The molecule has 0 saturated carbocycles. The van der Waals surface area contributed by atoms with E-state index < -0.39 is 54.0 Å². The average molecular weight is 483 g/mol. The Labute approximate surface area is 189 Å². The molecule has 0 unspecified atom stereocenters. The fourth-order valence-electron chi connectivity index (χ4n) is 3.59. The van der Waals surface area contributed by atoms with Crippen molar-refractivity contribution in [2.24, 2.45) is 0 Å². The molecule has 2 amide bonds. The molecule has 1 fully saturated rings. The summed E-state index contributed by atoms with van der Waals surface area (Å²) in [7, 11) is 1.28. The van der Waals surface area contributed by atoms with Crippen LogP contribution in [-0.4, -0.2) is 47.9 Å². The SMILES string of the molecule is CNC(=O)Oc1cc2cc(-c3ccc(C(=O)N4CCC(F)(F)CC4)cn3)cc(C(F)(F)F)c2o1. The van der Waals surface area contributed by atoms with Gasteiger partial charge in [0.25, 0.3) is 17.8 Å². The van der Waals surface area contributed by atoms with Gasteiger partial charge in [0, 0.05) is 56.2 Å². The van der Waals surface area contributed by atoms with Crippen molar-refractivity contribution >= 4 is 23.0 Å². The van der Waals surface area contributed by atoms with Gasteiger partial charge in [-0.05, 0) is 24.3 Å². The van der Waals surface area contributed by atoms with Crippen molar-refractivity contribution < 1.29 is 40.7 Å². The van der Waals surface area contributed by atoms with E-state index in [2.05, 4.69) is 10.3 Å². The molecule has 3 aromatic rings. The van der Waals surface area contributed by atoms with E-state index in [0.717, 1.165) is 12.1 Å². The number of carbonyl (C=O) groups is 2. The number of fused-ring (bicyclic) bond motifs is 1. The molecular weight excluding hydrogens is 465 g/mol. The number of amides is 2. The van der Waals surface area contributed by atoms with Gasteiger partial charge in [0.15, 0.2) is 5.58 Å². The summed E-state index contributed by atoms with van der Waals surface area (Å²) < 4.78 is 77.6. The minimum atomic E-state index is -4.78. The van der Waals surface area contributed by atoms with Crippen LogP contribution in [-0.2, 0) is 6.18 Å². The number of nitrogens with one attached hydrogen (secondary N) is 1. The highest BCUT2D eigenvalue weighted by atomic mass is 19.4. The molecule has 1 N–H and O–H groups in total. The van der Waals surface area contributed by atoms with Gasteiger partial charge in [0.05, 0.1) is 16.8 Å². The number of benzene rings is 1. The van der Waals surface area contributed by atoms with Crippen molar-refractivity contribution in [2.45, 2.75) is 24.9 Å². The number of nitrogens with zero attached hydrogens (tertiary/aromatic N) is 2. The van der Waals surface area contributed by atoms with Gasteiger partial charge in [-0.15, -0.1) is 0 Å². The summed E-state index contributed by atoms with van der Waals surface area (Å²) in [4.78, 5) is 29.3. The van der Waals surface area contributed by atoms with Crippen molar-refractivity contribution in [2.75, 3.05) is 20.1 Å². The number of carbonyl (C=O) groups excluding carboxylic acids is 2. The maximum atomic E-state index is 13.7. The maximum absolute atomic E-state index is 13.7. The molecule has 1 aliphatic heterocycles. The van der Waals surface area contributed by atoms with Crippen LogP contribution in [0.1, 0.15) is 28.8 Å². The first-order valence-corrected chi connectivity index (χ1v) is 10.1. The van der Waals surface area contributed by atoms with Crippen LogP contribution in [0.2, 0.25) is 0 Å². The summed E-state index contributed by atoms with van der Waals surface area (Å²) in [6, 6.07) is 6.11. The zero-order valence-corrected chi connectivity index (χ0v) is 17.7. The normalized spacial score (nSPS) is 15.9. The third-order valence-electron chi connectivity index (χ3n) is 5.38. The van der Waals surface area contributed by atoms with Gasteiger partial charge in [-0.1, -0.05) is 0 Å². The second-order valence-corrected chi connectivity index (χ2v) is 7.73. The van der Waals surface area contributed by atoms with E-state index in [1.54, 1.807) is 0 Å². The molecule has 0 atom stereocenters. The predicted octanol–water partition coefficient (Wildman–Crippen LogP) is 5.10. The number of ether oxygens (including phenoxy) is 1. The lowest BCUT2D eigenvalue weighted by molar-refractivity contribution is -0.136. The minimum Gasteiger partial charge on any atom is -0.425 e. The number of likely N-dealkylation sites (tertiary alicyclic amines) is 1. The number of halogens is 5. The Morgan fingerprint density at radius 3 is 2.44 bits per heavy atom. The van der Waals surface area contributed by atoms with Crippen molar-refractivity contribution in [1.82, 2.24) is 15.2 Å². The quantitative estimate of drug-likeness (QED) is 0.524. The number of pyridine rings is 1. The Kier molecular flexibility index (Phi) is 5.92. The van der Waals surface area contributed by atoms with Gasteiger partial charge >= 0.3 is 12.3 Å². The highest BCUT2D eigenvalue weighted by Gasteiger charge is 2.37. The molecule has 180 valence electrons. The molecule has 1 saturated heterocycles. The lowest BCUT2D eigenvalue weighted by Gasteiger charge is -2.31. The van der Waals surface area contributed by atoms with E-state index in [-0.39, 0.29) is 35.3 Å². The molecule has 3 heterocycles. The highest BCUT2D eigenvalue weighted by Crippen LogP contribution is 2.40. The third-order valence-corrected chi connectivity index (χ3v) is 5.38. The summed E-state index contributed by atoms with van der Waals surface area (Å²) in [5, 5.41) is 2.19. The van der Waals surface area contributed by atoms with Crippen LogP contribution >= 0.6 is 0 Å². The van der Waals surface area contributed by atoms with Crippen LogP contribution in [0.4, 0.5) is 26.7 Å². The molecule has 34 heavy (non-hydrogen) atoms. The van der Waals surface area contributed by atoms with E-state index in [1.165, 1.54) is 36.3 Å². The smallest absolute Gasteiger partial charge is 0.420 e. The molecule has 1 aliphatic rings. The van der Waals surface area contributed by atoms with Gasteiger partial charge in [0.1, 0.15) is 0 Å². The monoisotopic (exact) mass is 483 g/mol. The zero-order chi connectivity index (χ0) is 24.7. The molecule has 7 nitrogen and oxygen atoms in total. The lowest BCUT2D eigenvalue weighted by Crippen LogP contribution is -2.42. The van der Waals surface area contributed by atoms with E-state index in [9.17, 15) is 31.5 Å². The highest BCUT2D eigenvalue weighted by molar-refractivity contribution is 5.94. The minimum absolute atomic E-state index is 0.0277. The molecule has 1 aromatic carbocycles. The van der Waals surface area contributed by atoms with E-state index >= 15 is 0 Å². The van der Waals surface area contributed by atoms with Crippen LogP contribution in [0, 0.1) is 0 Å². The van der Waals surface area contributed by atoms with E-state index in [4.69, 9.17) is 9.15 Å². The fraction of sp³-hybridized carbons (Fsp3) is 0.318. The first-order chi connectivity index (χ1) is 16.0. The zero-order valence-electron chi connectivity index (χ0n) is 17.7. The van der Waals surface area contributed by atoms with E-state index in [0.29, 0.717) is 0 Å². The second-order valence-electron chi connectivity index (χ2n) is 7.73. The summed E-state index contributed by atoms with van der Waals surface area (Å²) in [5.41, 5.74) is -1.24. The summed E-state index contributed by atoms with van der Waals surface area (Å²) in [5.74, 6) is -3.70. The van der Waals surface area contributed by atoms with Crippen LogP contribution in [0.15, 0.2) is 40.9 Å². The van der Waals surface area contributed by atoms with Crippen molar-refractivity contribution in [3.05, 3.63) is 47.7 Å². The number of hydrogen-bond acceptors (Lipinski definition) is 5. The summed E-state index contributed by atoms with van der Waals surface area (Å²) >= 11 is 0. The van der Waals surface area contributed by atoms with Gasteiger partial charge in [-0.25, -0.2) is 13.6 Å². The topological polar surface area (TPSA) is 84.7 Å². The van der Waals surface area contributed by atoms with Gasteiger partial charge in [0.2, 0.25) is 0 Å². The first-order valence-electron chi connectivity index (χ1n) is 10.1. The summed E-state index contributed by atoms with van der Waals surface area (Å²) in [6.07, 6.45) is -5.35. The molecular formula is C22H18F5N3O4. The Bertz CT molecular complexity index is 1230. The molecule has 2 aromatic heterocycles. The average Bonchev–Trinajstić information content (AvgIpc) is 3.19. The molecule has 12 heteroatoms. The Morgan fingerprint density at radius 2 is 1.85 bits per heavy atom. The predicted molar refractivity (Wildman–Crippen MR) is 110 cm³/mol. The maximum Gasteiger partial charge on any atom is 0.420 e. The second kappa shape index (κ2) is 8.58. The summed E-state index contributed by atoms with van der Waals surface area (Å²) in [6.45, 7) is -0.194. The number of hydrogen-bond donors (Lipinski definition) is 1. The fourth-order valence-corrected chi connectivity index (χ4v) is 3.59. The van der Waals surface area contributed by atoms with Crippen molar-refractivity contribution in [3.63, 3.8) is 0 Å². The lowest BCUT2D eigenvalue weighted by atomic mass is 10.0. The molecule has 0 spiro atoms.